The van der Waals surface area contributed by atoms with Crippen LogP contribution in [0.5, 0.6) is 0 Å². The lowest BCUT2D eigenvalue weighted by molar-refractivity contribution is -0.147. The lowest BCUT2D eigenvalue weighted by Gasteiger charge is -2.20. The molecule has 2 aromatic carbocycles. The highest BCUT2D eigenvalue weighted by Crippen LogP contribution is 2.14. The average molecular weight is 560 g/mol. The maximum absolute atomic E-state index is 13.1. The van der Waals surface area contributed by atoms with Crippen LogP contribution in [0.4, 0.5) is 4.79 Å². The van der Waals surface area contributed by atoms with Gasteiger partial charge < -0.3 is 14.8 Å². The number of nitrogens with one attached hydrogen (secondary N) is 1. The summed E-state index contributed by atoms with van der Waals surface area (Å²) >= 11 is 0. The predicted molar refractivity (Wildman–Crippen MR) is 152 cm³/mol. The minimum atomic E-state index is -1.03. The molecule has 2 heterocycles. The molecule has 0 bridgehead atoms. The molecule has 11 nitrogen and oxygen atoms in total. The minimum absolute atomic E-state index is 0.0806. The molecule has 11 heteroatoms. The van der Waals surface area contributed by atoms with Crippen LogP contribution in [0.3, 0.4) is 0 Å². The number of aryl methyl sites for hydroxylation is 2. The van der Waals surface area contributed by atoms with Crippen LogP contribution in [-0.4, -0.2) is 54.7 Å². The number of benzene rings is 2. The molecule has 2 aromatic heterocycles. The summed E-state index contributed by atoms with van der Waals surface area (Å²) in [5.41, 5.74) is 5.32. The van der Waals surface area contributed by atoms with Gasteiger partial charge in [0.25, 0.3) is 0 Å². The molecule has 0 fully saturated rings. The Balaban J connectivity index is 1.40. The van der Waals surface area contributed by atoms with Crippen LogP contribution < -0.4 is 5.32 Å². The number of alkyl carbamates (subject to hydrolysis) is 1. The van der Waals surface area contributed by atoms with Crippen molar-refractivity contribution in [1.82, 2.24) is 35.3 Å². The van der Waals surface area contributed by atoms with Crippen LogP contribution in [-0.2, 0) is 40.4 Å². The zero-order valence-electron chi connectivity index (χ0n) is 24.2. The van der Waals surface area contributed by atoms with Crippen molar-refractivity contribution in [2.45, 2.75) is 66.8 Å². The Hall–Kier alpha value is -4.54. The van der Waals surface area contributed by atoms with Gasteiger partial charge in [-0.1, -0.05) is 79.7 Å². The number of hydrogen-bond acceptors (Lipinski definition) is 8. The largest absolute Gasteiger partial charge is 0.457 e. The topological polar surface area (TPSA) is 126 Å². The molecule has 0 unspecified atom stereocenters. The van der Waals surface area contributed by atoms with E-state index in [1.165, 1.54) is 0 Å². The second kappa shape index (κ2) is 13.2. The first-order valence-electron chi connectivity index (χ1n) is 13.5. The highest BCUT2D eigenvalue weighted by atomic mass is 16.6. The Morgan fingerprint density at radius 3 is 1.93 bits per heavy atom. The van der Waals surface area contributed by atoms with E-state index in [2.05, 4.69) is 25.9 Å². The third-order valence-electron chi connectivity index (χ3n) is 6.35. The number of esters is 1. The molecule has 1 amide bonds. The number of carbonyl (C=O) groups excluding carboxylic acids is 2. The number of amides is 1. The number of carbonyl (C=O) groups is 2. The van der Waals surface area contributed by atoms with Gasteiger partial charge in [0.2, 0.25) is 0 Å². The number of rotatable bonds is 11. The van der Waals surface area contributed by atoms with Crippen LogP contribution in [0.1, 0.15) is 54.4 Å². The fraction of sp³-hybridized carbons (Fsp3) is 0.400. The van der Waals surface area contributed by atoms with Crippen LogP contribution >= 0.6 is 0 Å². The first-order valence-corrected chi connectivity index (χ1v) is 13.5. The molecular weight excluding hydrogens is 522 g/mol. The zero-order chi connectivity index (χ0) is 29.4. The Labute approximate surface area is 239 Å². The molecule has 1 atom stereocenters. The van der Waals surface area contributed by atoms with Crippen LogP contribution in [0.15, 0.2) is 60.9 Å². The van der Waals surface area contributed by atoms with Crippen molar-refractivity contribution in [3.05, 3.63) is 94.6 Å². The number of aromatic nitrogens is 6. The Morgan fingerprint density at radius 1 is 0.829 bits per heavy atom. The minimum Gasteiger partial charge on any atom is -0.457 e. The third kappa shape index (κ3) is 8.99. The van der Waals surface area contributed by atoms with Crippen molar-refractivity contribution in [2.75, 3.05) is 6.61 Å². The summed E-state index contributed by atoms with van der Waals surface area (Å²) in [5.74, 6) is -0.639. The number of nitrogens with zero attached hydrogens (tertiary/aromatic N) is 6. The quantitative estimate of drug-likeness (QED) is 0.273. The first kappa shape index (κ1) is 29.4. The van der Waals surface area contributed by atoms with E-state index in [0.29, 0.717) is 24.5 Å². The van der Waals surface area contributed by atoms with Crippen molar-refractivity contribution < 1.29 is 19.1 Å². The molecule has 0 radical (unpaired) electrons. The molecule has 4 aromatic rings. The average Bonchev–Trinajstić information content (AvgIpc) is 3.57. The Kier molecular flexibility index (Phi) is 9.49. The van der Waals surface area contributed by atoms with E-state index in [-0.39, 0.29) is 25.0 Å². The van der Waals surface area contributed by atoms with E-state index in [0.717, 1.165) is 22.3 Å². The summed E-state index contributed by atoms with van der Waals surface area (Å²) in [6.07, 6.45) is 2.86. The standard InChI is InChI=1S/C30H37N7O4/c1-21-10-6-8-12-23(21)15-36-17-25(32-34-36)14-27(31-29(39)41-20-30(3,4)5)28(38)40-19-26-18-37(35-33-26)16-24-13-9-7-11-22(24)2/h6-13,17-18,27H,14-16,19-20H2,1-5H3,(H,31,39)/t27-/m1/s1. The van der Waals surface area contributed by atoms with Crippen molar-refractivity contribution in [2.24, 2.45) is 5.41 Å². The van der Waals surface area contributed by atoms with Crippen LogP contribution in [0, 0.1) is 19.3 Å². The summed E-state index contributed by atoms with van der Waals surface area (Å²) in [6, 6.07) is 15.0. The molecule has 0 saturated heterocycles. The second-order valence-corrected chi connectivity index (χ2v) is 11.3. The van der Waals surface area contributed by atoms with Gasteiger partial charge in [0, 0.05) is 12.6 Å². The fourth-order valence-corrected chi connectivity index (χ4v) is 4.03. The molecule has 41 heavy (non-hydrogen) atoms. The van der Waals surface area contributed by atoms with Crippen LogP contribution in [0.2, 0.25) is 0 Å². The molecular formula is C30H37N7O4. The van der Waals surface area contributed by atoms with Crippen molar-refractivity contribution in [1.29, 1.82) is 0 Å². The van der Waals surface area contributed by atoms with E-state index >= 15 is 0 Å². The molecule has 4 rings (SSSR count). The zero-order valence-corrected chi connectivity index (χ0v) is 24.2. The highest BCUT2D eigenvalue weighted by molar-refractivity contribution is 5.81. The van der Waals surface area contributed by atoms with E-state index in [9.17, 15) is 9.59 Å². The molecule has 0 aliphatic carbocycles. The molecule has 1 N–H and O–H groups in total. The lowest BCUT2D eigenvalue weighted by atomic mass is 9.99. The smallest absolute Gasteiger partial charge is 0.407 e. The van der Waals surface area contributed by atoms with Gasteiger partial charge in [-0.25, -0.2) is 19.0 Å². The van der Waals surface area contributed by atoms with Crippen LogP contribution in [0.25, 0.3) is 0 Å². The summed E-state index contributed by atoms with van der Waals surface area (Å²) in [4.78, 5) is 25.7. The van der Waals surface area contributed by atoms with Crippen molar-refractivity contribution >= 4 is 12.1 Å². The molecule has 216 valence electrons. The first-order chi connectivity index (χ1) is 19.6. The van der Waals surface area contributed by atoms with E-state index in [1.54, 1.807) is 21.8 Å². The molecule has 0 aliphatic heterocycles. The summed E-state index contributed by atoms with van der Waals surface area (Å²) in [7, 11) is 0. The molecule has 0 saturated carbocycles. The summed E-state index contributed by atoms with van der Waals surface area (Å²) < 4.78 is 14.3. The van der Waals surface area contributed by atoms with Gasteiger partial charge in [-0.3, -0.25) is 0 Å². The van der Waals surface area contributed by atoms with E-state index in [4.69, 9.17) is 9.47 Å². The fourth-order valence-electron chi connectivity index (χ4n) is 4.03. The van der Waals surface area contributed by atoms with Crippen molar-refractivity contribution in [3.8, 4) is 0 Å². The predicted octanol–water partition coefficient (Wildman–Crippen LogP) is 4.01. The van der Waals surface area contributed by atoms with Gasteiger partial charge in [0.05, 0.1) is 31.6 Å². The van der Waals surface area contributed by atoms with E-state index < -0.39 is 18.1 Å². The Morgan fingerprint density at radius 2 is 1.37 bits per heavy atom. The summed E-state index contributed by atoms with van der Waals surface area (Å²) in [6.45, 7) is 11.1. The lowest BCUT2D eigenvalue weighted by Crippen LogP contribution is -2.44. The van der Waals surface area contributed by atoms with Crippen molar-refractivity contribution in [3.63, 3.8) is 0 Å². The number of ether oxygens (including phenoxy) is 2. The maximum Gasteiger partial charge on any atom is 0.407 e. The molecule has 0 spiro atoms. The SMILES string of the molecule is Cc1ccccc1Cn1cc(COC(=O)[C@@H](Cc2cn(Cc3ccccc3C)nn2)NC(=O)OCC(C)(C)C)nn1. The Bertz CT molecular complexity index is 1470. The van der Waals surface area contributed by atoms with Gasteiger partial charge >= 0.3 is 12.1 Å². The van der Waals surface area contributed by atoms with Gasteiger partial charge in [-0.15, -0.1) is 10.2 Å². The maximum atomic E-state index is 13.1. The van der Waals surface area contributed by atoms with Gasteiger partial charge in [0.15, 0.2) is 0 Å². The molecule has 0 aliphatic rings. The highest BCUT2D eigenvalue weighted by Gasteiger charge is 2.26. The second-order valence-electron chi connectivity index (χ2n) is 11.3. The number of hydrogen-bond donors (Lipinski definition) is 1. The normalized spacial score (nSPS) is 12.1. The monoisotopic (exact) mass is 559 g/mol. The van der Waals surface area contributed by atoms with Gasteiger partial charge in [-0.05, 0) is 41.5 Å². The van der Waals surface area contributed by atoms with Gasteiger partial charge in [0.1, 0.15) is 18.3 Å². The van der Waals surface area contributed by atoms with Gasteiger partial charge in [-0.2, -0.15) is 0 Å². The third-order valence-corrected chi connectivity index (χ3v) is 6.35. The summed E-state index contributed by atoms with van der Waals surface area (Å²) in [5, 5.41) is 19.3. The van der Waals surface area contributed by atoms with E-state index in [1.807, 2.05) is 83.1 Å².